The fraction of sp³-hybridized carbons (Fsp3) is 0.846. The Morgan fingerprint density at radius 2 is 1.82 bits per heavy atom. The van der Waals surface area contributed by atoms with Crippen molar-refractivity contribution in [2.24, 2.45) is 5.92 Å². The van der Waals surface area contributed by atoms with Gasteiger partial charge in [-0.2, -0.15) is 4.98 Å². The molecule has 0 aliphatic carbocycles. The summed E-state index contributed by atoms with van der Waals surface area (Å²) < 4.78 is 5.29. The first-order chi connectivity index (χ1) is 7.95. The lowest BCUT2D eigenvalue weighted by molar-refractivity contribution is 0.149. The molecule has 0 aliphatic heterocycles. The van der Waals surface area contributed by atoms with E-state index in [1.54, 1.807) is 0 Å². The lowest BCUT2D eigenvalue weighted by atomic mass is 10.0. The molecule has 1 heterocycles. The number of rotatable bonds is 6. The van der Waals surface area contributed by atoms with Crippen LogP contribution in [0.15, 0.2) is 4.52 Å². The van der Waals surface area contributed by atoms with Crippen molar-refractivity contribution in [1.29, 1.82) is 0 Å². The highest BCUT2D eigenvalue weighted by Gasteiger charge is 2.19. The van der Waals surface area contributed by atoms with Crippen LogP contribution >= 0.6 is 0 Å². The normalized spacial score (nSPS) is 13.9. The fourth-order valence-electron chi connectivity index (χ4n) is 1.71. The Bertz CT molecular complexity index is 333. The molecule has 0 saturated carbocycles. The summed E-state index contributed by atoms with van der Waals surface area (Å²) in [6.07, 6.45) is 0. The lowest BCUT2D eigenvalue weighted by Gasteiger charge is -2.29. The second-order valence-electron chi connectivity index (χ2n) is 5.25. The minimum absolute atomic E-state index is 0.324. The van der Waals surface area contributed by atoms with Crippen molar-refractivity contribution >= 4 is 0 Å². The highest BCUT2D eigenvalue weighted by atomic mass is 16.5. The van der Waals surface area contributed by atoms with E-state index >= 15 is 0 Å². The van der Waals surface area contributed by atoms with Gasteiger partial charge in [0.15, 0.2) is 5.82 Å². The first-order valence-corrected chi connectivity index (χ1v) is 6.52. The standard InChI is InChI=1S/C13H25N3O/c1-7-16(11(6)9(2)3)8-12-14-13(10(4)5)15-17-12/h9-11H,7-8H2,1-6H3/t11-/m0/s1. The summed E-state index contributed by atoms with van der Waals surface area (Å²) in [7, 11) is 0. The van der Waals surface area contributed by atoms with Gasteiger partial charge in [-0.15, -0.1) is 0 Å². The molecule has 4 heteroatoms. The highest BCUT2D eigenvalue weighted by molar-refractivity contribution is 4.92. The van der Waals surface area contributed by atoms with Gasteiger partial charge in [-0.05, 0) is 19.4 Å². The van der Waals surface area contributed by atoms with E-state index in [9.17, 15) is 0 Å². The quantitative estimate of drug-likeness (QED) is 0.765. The van der Waals surface area contributed by atoms with Gasteiger partial charge in [-0.25, -0.2) is 0 Å². The zero-order valence-electron chi connectivity index (χ0n) is 11.9. The number of aromatic nitrogens is 2. The third-order valence-corrected chi connectivity index (χ3v) is 3.29. The molecule has 0 saturated heterocycles. The monoisotopic (exact) mass is 239 g/mol. The third kappa shape index (κ3) is 3.80. The summed E-state index contributed by atoms with van der Waals surface area (Å²) in [5.41, 5.74) is 0. The zero-order chi connectivity index (χ0) is 13.0. The van der Waals surface area contributed by atoms with Crippen LogP contribution in [0.25, 0.3) is 0 Å². The molecule has 1 aromatic heterocycles. The van der Waals surface area contributed by atoms with Crippen LogP contribution in [0.2, 0.25) is 0 Å². The summed E-state index contributed by atoms with van der Waals surface area (Å²) >= 11 is 0. The molecule has 0 spiro atoms. The molecule has 0 bridgehead atoms. The molecule has 1 rings (SSSR count). The Morgan fingerprint density at radius 3 is 2.24 bits per heavy atom. The average Bonchev–Trinajstić information content (AvgIpc) is 2.73. The van der Waals surface area contributed by atoms with Gasteiger partial charge in [0.2, 0.25) is 5.89 Å². The molecule has 0 aromatic carbocycles. The number of hydrogen-bond acceptors (Lipinski definition) is 4. The van der Waals surface area contributed by atoms with Crippen LogP contribution in [0, 0.1) is 5.92 Å². The molecule has 0 fully saturated rings. The minimum atomic E-state index is 0.324. The molecule has 4 nitrogen and oxygen atoms in total. The molecule has 0 N–H and O–H groups in total. The molecule has 1 atom stereocenters. The van der Waals surface area contributed by atoms with Crippen molar-refractivity contribution in [3.05, 3.63) is 11.7 Å². The SMILES string of the molecule is CCN(Cc1nc(C(C)C)no1)[C@@H](C)C(C)C. The molecule has 1 aromatic rings. The van der Waals surface area contributed by atoms with Gasteiger partial charge in [-0.1, -0.05) is 39.8 Å². The van der Waals surface area contributed by atoms with Crippen molar-refractivity contribution in [2.45, 2.75) is 60.0 Å². The van der Waals surface area contributed by atoms with Crippen LogP contribution in [0.1, 0.15) is 59.2 Å². The maximum atomic E-state index is 5.29. The Morgan fingerprint density at radius 1 is 1.18 bits per heavy atom. The lowest BCUT2D eigenvalue weighted by Crippen LogP contribution is -2.36. The maximum absolute atomic E-state index is 5.29. The molecular formula is C13H25N3O. The molecule has 0 unspecified atom stereocenters. The van der Waals surface area contributed by atoms with Crippen LogP contribution in [-0.4, -0.2) is 27.6 Å². The summed E-state index contributed by atoms with van der Waals surface area (Å²) in [5, 5.41) is 3.99. The van der Waals surface area contributed by atoms with E-state index in [-0.39, 0.29) is 0 Å². The van der Waals surface area contributed by atoms with E-state index < -0.39 is 0 Å². The third-order valence-electron chi connectivity index (χ3n) is 3.29. The van der Waals surface area contributed by atoms with Crippen LogP contribution in [0.5, 0.6) is 0 Å². The Labute approximate surface area is 104 Å². The predicted octanol–water partition coefficient (Wildman–Crippen LogP) is 3.06. The smallest absolute Gasteiger partial charge is 0.240 e. The van der Waals surface area contributed by atoms with Gasteiger partial charge in [0.25, 0.3) is 0 Å². The van der Waals surface area contributed by atoms with Gasteiger partial charge in [0.1, 0.15) is 0 Å². The largest absolute Gasteiger partial charge is 0.338 e. The Kier molecular flexibility index (Phi) is 5.12. The predicted molar refractivity (Wildman–Crippen MR) is 68.8 cm³/mol. The highest BCUT2D eigenvalue weighted by Crippen LogP contribution is 2.15. The Hall–Kier alpha value is -0.900. The molecule has 0 aliphatic rings. The van der Waals surface area contributed by atoms with Crippen LogP contribution in [0.4, 0.5) is 0 Å². The van der Waals surface area contributed by atoms with Crippen LogP contribution < -0.4 is 0 Å². The van der Waals surface area contributed by atoms with Crippen LogP contribution in [0.3, 0.4) is 0 Å². The summed E-state index contributed by atoms with van der Waals surface area (Å²) in [6, 6.07) is 0.523. The molecule has 0 radical (unpaired) electrons. The topological polar surface area (TPSA) is 42.2 Å². The molecule has 0 amide bonds. The van der Waals surface area contributed by atoms with Crippen molar-refractivity contribution in [1.82, 2.24) is 15.0 Å². The van der Waals surface area contributed by atoms with E-state index in [0.29, 0.717) is 17.9 Å². The van der Waals surface area contributed by atoms with E-state index in [1.807, 2.05) is 0 Å². The van der Waals surface area contributed by atoms with Gasteiger partial charge in [0.05, 0.1) is 6.54 Å². The maximum Gasteiger partial charge on any atom is 0.240 e. The first-order valence-electron chi connectivity index (χ1n) is 6.52. The number of nitrogens with zero attached hydrogens (tertiary/aromatic N) is 3. The fourth-order valence-corrected chi connectivity index (χ4v) is 1.71. The van der Waals surface area contributed by atoms with Gasteiger partial charge in [-0.3, -0.25) is 4.90 Å². The minimum Gasteiger partial charge on any atom is -0.338 e. The molecule has 98 valence electrons. The van der Waals surface area contributed by atoms with E-state index in [4.69, 9.17) is 4.52 Å². The van der Waals surface area contributed by atoms with Crippen molar-refractivity contribution in [2.75, 3.05) is 6.54 Å². The molecule has 17 heavy (non-hydrogen) atoms. The summed E-state index contributed by atoms with van der Waals surface area (Å²) in [5.74, 6) is 2.48. The van der Waals surface area contributed by atoms with Gasteiger partial charge < -0.3 is 4.52 Å². The Balaban J connectivity index is 2.67. The van der Waals surface area contributed by atoms with Gasteiger partial charge >= 0.3 is 0 Å². The van der Waals surface area contributed by atoms with Gasteiger partial charge in [0, 0.05) is 12.0 Å². The van der Waals surface area contributed by atoms with E-state index in [1.165, 1.54) is 0 Å². The van der Waals surface area contributed by atoms with Crippen molar-refractivity contribution in [3.8, 4) is 0 Å². The van der Waals surface area contributed by atoms with Crippen LogP contribution in [-0.2, 0) is 6.54 Å². The second-order valence-corrected chi connectivity index (χ2v) is 5.25. The molecular weight excluding hydrogens is 214 g/mol. The van der Waals surface area contributed by atoms with E-state index in [2.05, 4.69) is 56.6 Å². The van der Waals surface area contributed by atoms with Crippen molar-refractivity contribution in [3.63, 3.8) is 0 Å². The second kappa shape index (κ2) is 6.15. The van der Waals surface area contributed by atoms with E-state index in [0.717, 1.165) is 24.8 Å². The zero-order valence-corrected chi connectivity index (χ0v) is 11.9. The van der Waals surface area contributed by atoms with Crippen molar-refractivity contribution < 1.29 is 4.52 Å². The summed E-state index contributed by atoms with van der Waals surface area (Å²) in [6.45, 7) is 14.8. The first kappa shape index (κ1) is 14.2. The summed E-state index contributed by atoms with van der Waals surface area (Å²) in [4.78, 5) is 6.78. The number of hydrogen-bond donors (Lipinski definition) is 0. The average molecular weight is 239 g/mol.